The third-order valence-electron chi connectivity index (χ3n) is 3.61. The summed E-state index contributed by atoms with van der Waals surface area (Å²) in [5.74, 6) is 0.788. The second kappa shape index (κ2) is 10.5. The van der Waals surface area contributed by atoms with E-state index in [1.165, 1.54) is 13.3 Å². The highest BCUT2D eigenvalue weighted by molar-refractivity contribution is 6.33. The molecule has 0 unspecified atom stereocenters. The third-order valence-corrected chi connectivity index (χ3v) is 3.91. The zero-order valence-corrected chi connectivity index (χ0v) is 17.6. The SMILES string of the molecule is CONC(=O)c1ccccc1Nc1cc(NC(CC(C)=N)=NC(C)C)ncc1Cl. The first-order valence-electron chi connectivity index (χ1n) is 9.02. The topological polar surface area (TPSA) is 111 Å². The van der Waals surface area contributed by atoms with E-state index in [9.17, 15) is 4.79 Å². The van der Waals surface area contributed by atoms with E-state index in [-0.39, 0.29) is 11.9 Å². The number of hydrogen-bond acceptors (Lipinski definition) is 6. The van der Waals surface area contributed by atoms with Gasteiger partial charge in [0.1, 0.15) is 11.7 Å². The van der Waals surface area contributed by atoms with Gasteiger partial charge in [0, 0.05) is 24.2 Å². The van der Waals surface area contributed by atoms with Crippen molar-refractivity contribution in [1.82, 2.24) is 10.5 Å². The minimum Gasteiger partial charge on any atom is -0.353 e. The molecule has 0 atom stereocenters. The van der Waals surface area contributed by atoms with Crippen LogP contribution in [-0.4, -0.2) is 35.6 Å². The summed E-state index contributed by atoms with van der Waals surface area (Å²) in [5.41, 5.74) is 4.32. The fourth-order valence-electron chi connectivity index (χ4n) is 2.52. The maximum atomic E-state index is 12.2. The summed E-state index contributed by atoms with van der Waals surface area (Å²) in [4.78, 5) is 25.7. The molecule has 2 rings (SSSR count). The lowest BCUT2D eigenvalue weighted by molar-refractivity contribution is 0.0538. The molecule has 2 aromatic rings. The van der Waals surface area contributed by atoms with Crippen molar-refractivity contribution in [3.05, 3.63) is 47.1 Å². The first-order valence-corrected chi connectivity index (χ1v) is 9.40. The Morgan fingerprint density at radius 2 is 2.03 bits per heavy atom. The molecule has 0 aliphatic carbocycles. The molecule has 1 aromatic carbocycles. The molecule has 0 saturated heterocycles. The zero-order chi connectivity index (χ0) is 21.4. The van der Waals surface area contributed by atoms with Crippen LogP contribution in [0.4, 0.5) is 17.2 Å². The third kappa shape index (κ3) is 6.85. The lowest BCUT2D eigenvalue weighted by Crippen LogP contribution is -2.22. The second-order valence-corrected chi connectivity index (χ2v) is 7.01. The van der Waals surface area contributed by atoms with Gasteiger partial charge in [0.2, 0.25) is 0 Å². The van der Waals surface area contributed by atoms with Crippen LogP contribution in [0.15, 0.2) is 41.5 Å². The van der Waals surface area contributed by atoms with Crippen molar-refractivity contribution in [2.45, 2.75) is 33.2 Å². The number of hydroxylamine groups is 1. The maximum absolute atomic E-state index is 12.2. The van der Waals surface area contributed by atoms with Crippen LogP contribution < -0.4 is 16.1 Å². The van der Waals surface area contributed by atoms with E-state index in [2.05, 4.69) is 26.1 Å². The Kier molecular flexibility index (Phi) is 8.11. The molecule has 0 saturated carbocycles. The smallest absolute Gasteiger partial charge is 0.276 e. The Bertz CT molecular complexity index is 914. The number of nitrogens with one attached hydrogen (secondary N) is 4. The van der Waals surface area contributed by atoms with Crippen molar-refractivity contribution in [3.8, 4) is 0 Å². The van der Waals surface area contributed by atoms with Gasteiger partial charge in [-0.25, -0.2) is 10.5 Å². The summed E-state index contributed by atoms with van der Waals surface area (Å²) in [7, 11) is 1.37. The predicted octanol–water partition coefficient (Wildman–Crippen LogP) is 4.42. The van der Waals surface area contributed by atoms with Gasteiger partial charge in [-0.05, 0) is 32.9 Å². The van der Waals surface area contributed by atoms with Crippen LogP contribution in [0.5, 0.6) is 0 Å². The highest BCUT2D eigenvalue weighted by Crippen LogP contribution is 2.28. The van der Waals surface area contributed by atoms with Crippen molar-refractivity contribution in [2.24, 2.45) is 4.99 Å². The molecule has 9 heteroatoms. The molecule has 0 bridgehead atoms. The molecule has 0 radical (unpaired) electrons. The molecule has 154 valence electrons. The van der Waals surface area contributed by atoms with Crippen molar-refractivity contribution >= 4 is 46.2 Å². The predicted molar refractivity (Wildman–Crippen MR) is 118 cm³/mol. The van der Waals surface area contributed by atoms with Gasteiger partial charge in [-0.1, -0.05) is 23.7 Å². The number of pyridine rings is 1. The van der Waals surface area contributed by atoms with Crippen LogP contribution in [0.2, 0.25) is 5.02 Å². The van der Waals surface area contributed by atoms with E-state index < -0.39 is 0 Å². The largest absolute Gasteiger partial charge is 0.353 e. The van der Waals surface area contributed by atoms with Crippen LogP contribution in [0.3, 0.4) is 0 Å². The molecule has 0 aliphatic rings. The van der Waals surface area contributed by atoms with Crippen LogP contribution in [0, 0.1) is 5.41 Å². The van der Waals surface area contributed by atoms with Gasteiger partial charge in [0.15, 0.2) is 0 Å². The molecule has 4 N–H and O–H groups in total. The van der Waals surface area contributed by atoms with Crippen molar-refractivity contribution in [3.63, 3.8) is 0 Å². The Balaban J connectivity index is 2.30. The minimum atomic E-state index is -0.382. The van der Waals surface area contributed by atoms with Crippen LogP contribution in [0.1, 0.15) is 37.6 Å². The summed E-state index contributed by atoms with van der Waals surface area (Å²) >= 11 is 6.30. The van der Waals surface area contributed by atoms with Gasteiger partial charge in [-0.3, -0.25) is 14.6 Å². The van der Waals surface area contributed by atoms with Gasteiger partial charge in [0.05, 0.1) is 35.3 Å². The quantitative estimate of drug-likeness (QED) is 0.289. The summed E-state index contributed by atoms with van der Waals surface area (Å²) in [6, 6.07) is 8.80. The van der Waals surface area contributed by atoms with E-state index in [0.717, 1.165) is 0 Å². The Labute approximate surface area is 175 Å². The van der Waals surface area contributed by atoms with Gasteiger partial charge < -0.3 is 16.0 Å². The molecule has 8 nitrogen and oxygen atoms in total. The Hall–Kier alpha value is -2.97. The molecule has 0 fully saturated rings. The van der Waals surface area contributed by atoms with E-state index in [4.69, 9.17) is 21.8 Å². The normalized spacial score (nSPS) is 11.3. The second-order valence-electron chi connectivity index (χ2n) is 6.61. The summed E-state index contributed by atoms with van der Waals surface area (Å²) in [6.07, 6.45) is 1.90. The molecule has 1 amide bonds. The summed E-state index contributed by atoms with van der Waals surface area (Å²) in [6.45, 7) is 5.65. The average molecular weight is 417 g/mol. The summed E-state index contributed by atoms with van der Waals surface area (Å²) < 4.78 is 0. The molecule has 0 spiro atoms. The number of anilines is 3. The molecular weight excluding hydrogens is 392 g/mol. The number of halogens is 1. The van der Waals surface area contributed by atoms with Gasteiger partial charge in [-0.2, -0.15) is 0 Å². The number of aliphatic imine (C=N–C) groups is 1. The van der Waals surface area contributed by atoms with E-state index in [1.807, 2.05) is 13.8 Å². The lowest BCUT2D eigenvalue weighted by atomic mass is 10.1. The van der Waals surface area contributed by atoms with Crippen LogP contribution >= 0.6 is 11.6 Å². The first kappa shape index (κ1) is 22.3. The van der Waals surface area contributed by atoms with E-state index in [1.54, 1.807) is 37.3 Å². The fourth-order valence-corrected chi connectivity index (χ4v) is 2.67. The van der Waals surface area contributed by atoms with Gasteiger partial charge >= 0.3 is 0 Å². The van der Waals surface area contributed by atoms with Crippen LogP contribution in [-0.2, 0) is 4.84 Å². The van der Waals surface area contributed by atoms with Gasteiger partial charge in [0.25, 0.3) is 5.91 Å². The number of aromatic nitrogens is 1. The fraction of sp³-hybridized carbons (Fsp3) is 0.300. The average Bonchev–Trinajstić information content (AvgIpc) is 2.64. The van der Waals surface area contributed by atoms with E-state index >= 15 is 0 Å². The molecule has 1 heterocycles. The molecule has 1 aromatic heterocycles. The van der Waals surface area contributed by atoms with Crippen molar-refractivity contribution < 1.29 is 9.63 Å². The lowest BCUT2D eigenvalue weighted by Gasteiger charge is -2.15. The summed E-state index contributed by atoms with van der Waals surface area (Å²) in [5, 5.41) is 14.4. The number of hydrogen-bond donors (Lipinski definition) is 4. The van der Waals surface area contributed by atoms with E-state index in [0.29, 0.717) is 45.7 Å². The molecule has 0 aliphatic heterocycles. The highest BCUT2D eigenvalue weighted by Gasteiger charge is 2.13. The zero-order valence-electron chi connectivity index (χ0n) is 16.8. The number of amides is 1. The van der Waals surface area contributed by atoms with Crippen LogP contribution in [0.25, 0.3) is 0 Å². The van der Waals surface area contributed by atoms with Gasteiger partial charge in [-0.15, -0.1) is 0 Å². The monoisotopic (exact) mass is 416 g/mol. The standard InChI is InChI=1S/C20H25ClN6O2/c1-12(2)24-19(9-13(3)22)26-18-10-17(15(21)11-23-18)25-16-8-6-5-7-14(16)20(28)27-29-4/h5-8,10-12,22H,9H2,1-4H3,(H,27,28)(H2,23,24,25,26). The number of benzene rings is 1. The van der Waals surface area contributed by atoms with Crippen molar-refractivity contribution in [1.29, 1.82) is 5.41 Å². The maximum Gasteiger partial charge on any atom is 0.276 e. The molecule has 29 heavy (non-hydrogen) atoms. The first-order chi connectivity index (χ1) is 13.8. The number of amidine groups is 1. The number of carbonyl (C=O) groups is 1. The number of para-hydroxylation sites is 1. The molecular formula is C20H25ClN6O2. The minimum absolute atomic E-state index is 0.0768. The highest BCUT2D eigenvalue weighted by atomic mass is 35.5. The Morgan fingerprint density at radius 3 is 2.69 bits per heavy atom. The number of nitrogens with zero attached hydrogens (tertiary/aromatic N) is 2. The Morgan fingerprint density at radius 1 is 1.31 bits per heavy atom. The number of rotatable bonds is 8. The van der Waals surface area contributed by atoms with Crippen molar-refractivity contribution in [2.75, 3.05) is 17.7 Å². The number of carbonyl (C=O) groups excluding carboxylic acids is 1.